The van der Waals surface area contributed by atoms with Gasteiger partial charge in [-0.1, -0.05) is 0 Å². The molecular weight excluding hydrogens is 309 g/mol. The molecule has 0 aliphatic carbocycles. The third kappa shape index (κ3) is 3.72. The number of esters is 1. The quantitative estimate of drug-likeness (QED) is 0.395. The van der Waals surface area contributed by atoms with Crippen molar-refractivity contribution in [3.05, 3.63) is 16.2 Å². The van der Waals surface area contributed by atoms with Gasteiger partial charge in [0, 0.05) is 12.2 Å². The molecule has 1 unspecified atom stereocenters. The molecule has 2 rings (SSSR count). The van der Waals surface area contributed by atoms with Crippen LogP contribution in [0.1, 0.15) is 30.0 Å². The van der Waals surface area contributed by atoms with Gasteiger partial charge in [0.05, 0.1) is 12.3 Å². The van der Waals surface area contributed by atoms with Crippen LogP contribution in [-0.4, -0.2) is 73.5 Å². The van der Waals surface area contributed by atoms with Gasteiger partial charge < -0.3 is 14.3 Å². The molecule has 8 heteroatoms. The monoisotopic (exact) mass is 323 g/mol. The van der Waals surface area contributed by atoms with E-state index in [1.54, 1.807) is 6.92 Å². The molecule has 1 aliphatic rings. The zero-order valence-corrected chi connectivity index (χ0v) is 11.6. The number of H-pyrrole nitrogens is 1. The Hall–Kier alpha value is 0.376. The molecule has 1 aromatic heterocycles. The van der Waals surface area contributed by atoms with E-state index >= 15 is 0 Å². The molecule has 0 amide bonds. The summed E-state index contributed by atoms with van der Waals surface area (Å²) in [6, 6.07) is 0. The molecule has 1 N–H and O–H groups in total. The number of nitriles is 1. The number of nitrogens with zero attached hydrogens (tertiary/aromatic N) is 2. The Morgan fingerprint density at radius 1 is 1.74 bits per heavy atom. The van der Waals surface area contributed by atoms with Gasteiger partial charge in [-0.2, -0.15) is 5.26 Å². The van der Waals surface area contributed by atoms with E-state index in [0.717, 1.165) is 42.5 Å². The standard InChI is InChI=1S/C11H13N3O2S2.K.H/c1-2-16-10(15)9(18-6-12)8-7-4-3-5-14(7)11(17)13-8;;/h9H,2-5H2,1H3,(H,13,17);;. The number of fused-ring (bicyclic) bond motifs is 1. The van der Waals surface area contributed by atoms with Crippen molar-refractivity contribution in [2.75, 3.05) is 6.61 Å². The molecule has 2 heterocycles. The second-order valence-electron chi connectivity index (χ2n) is 3.89. The molecule has 0 saturated carbocycles. The number of aromatic nitrogens is 2. The van der Waals surface area contributed by atoms with Crippen LogP contribution in [0.4, 0.5) is 0 Å². The molecule has 19 heavy (non-hydrogen) atoms. The van der Waals surface area contributed by atoms with Crippen molar-refractivity contribution in [1.82, 2.24) is 9.55 Å². The summed E-state index contributed by atoms with van der Waals surface area (Å²) in [5.74, 6) is -0.393. The number of carbonyl (C=O) groups is 1. The van der Waals surface area contributed by atoms with Crippen molar-refractivity contribution >= 4 is 81.3 Å². The van der Waals surface area contributed by atoms with E-state index in [-0.39, 0.29) is 51.4 Å². The van der Waals surface area contributed by atoms with Gasteiger partial charge in [0.2, 0.25) is 0 Å². The first kappa shape index (κ1) is 17.4. The van der Waals surface area contributed by atoms with Gasteiger partial charge in [0.1, 0.15) is 5.40 Å². The first-order chi connectivity index (χ1) is 8.69. The number of aromatic amines is 1. The zero-order chi connectivity index (χ0) is 13.1. The average molecular weight is 323 g/mol. The predicted molar refractivity (Wildman–Crippen MR) is 77.7 cm³/mol. The zero-order valence-electron chi connectivity index (χ0n) is 9.93. The van der Waals surface area contributed by atoms with E-state index in [2.05, 4.69) is 4.98 Å². The number of rotatable bonds is 4. The van der Waals surface area contributed by atoms with Crippen LogP contribution in [0.15, 0.2) is 0 Å². The van der Waals surface area contributed by atoms with Crippen LogP contribution >= 0.6 is 24.0 Å². The van der Waals surface area contributed by atoms with Crippen molar-refractivity contribution in [3.8, 4) is 5.40 Å². The summed E-state index contributed by atoms with van der Waals surface area (Å²) in [7, 11) is 0. The van der Waals surface area contributed by atoms with Crippen LogP contribution in [0, 0.1) is 15.4 Å². The number of hydrogen-bond acceptors (Lipinski definition) is 5. The van der Waals surface area contributed by atoms with E-state index in [4.69, 9.17) is 22.2 Å². The van der Waals surface area contributed by atoms with Crippen LogP contribution in [0.25, 0.3) is 0 Å². The van der Waals surface area contributed by atoms with E-state index in [0.29, 0.717) is 11.4 Å². The number of hydrogen-bond donors (Lipinski definition) is 1. The van der Waals surface area contributed by atoms with Gasteiger partial charge in [0.25, 0.3) is 0 Å². The van der Waals surface area contributed by atoms with Crippen molar-refractivity contribution < 1.29 is 9.53 Å². The molecule has 1 atom stereocenters. The van der Waals surface area contributed by atoms with Crippen molar-refractivity contribution in [1.29, 1.82) is 5.26 Å². The summed E-state index contributed by atoms with van der Waals surface area (Å²) in [4.78, 5) is 14.9. The van der Waals surface area contributed by atoms with Gasteiger partial charge in [0.15, 0.2) is 10.0 Å². The second-order valence-corrected chi connectivity index (χ2v) is 5.16. The second kappa shape index (κ2) is 7.98. The van der Waals surface area contributed by atoms with Crippen molar-refractivity contribution in [2.24, 2.45) is 0 Å². The summed E-state index contributed by atoms with van der Waals surface area (Å²) in [5.41, 5.74) is 1.75. The van der Waals surface area contributed by atoms with Crippen LogP contribution in [0.3, 0.4) is 0 Å². The number of ether oxygens (including phenoxy) is 1. The van der Waals surface area contributed by atoms with Crippen LogP contribution < -0.4 is 0 Å². The normalized spacial score (nSPS) is 14.1. The van der Waals surface area contributed by atoms with Crippen molar-refractivity contribution in [2.45, 2.75) is 31.6 Å². The molecule has 5 nitrogen and oxygen atoms in total. The Morgan fingerprint density at radius 3 is 3.11 bits per heavy atom. The number of imidazole rings is 1. The van der Waals surface area contributed by atoms with E-state index < -0.39 is 11.2 Å². The first-order valence-electron chi connectivity index (χ1n) is 5.72. The number of thiocyanates is 1. The van der Waals surface area contributed by atoms with Crippen LogP contribution in [0.5, 0.6) is 0 Å². The first-order valence-corrected chi connectivity index (χ1v) is 7.00. The van der Waals surface area contributed by atoms with Crippen molar-refractivity contribution in [3.63, 3.8) is 0 Å². The van der Waals surface area contributed by atoms with Crippen LogP contribution in [-0.2, 0) is 22.5 Å². The third-order valence-corrected chi connectivity index (χ3v) is 3.94. The van der Waals surface area contributed by atoms with Gasteiger partial charge in [-0.15, -0.1) is 0 Å². The Morgan fingerprint density at radius 2 is 2.47 bits per heavy atom. The predicted octanol–water partition coefficient (Wildman–Crippen LogP) is 1.66. The molecule has 0 fully saturated rings. The molecular formula is C11H14KN3O2S2. The maximum absolute atomic E-state index is 11.9. The molecule has 0 radical (unpaired) electrons. The molecule has 0 saturated heterocycles. The molecule has 0 spiro atoms. The van der Waals surface area contributed by atoms with E-state index in [1.807, 2.05) is 9.97 Å². The summed E-state index contributed by atoms with van der Waals surface area (Å²) >= 11 is 6.11. The molecule has 1 aromatic rings. The van der Waals surface area contributed by atoms with E-state index in [1.165, 1.54) is 0 Å². The Bertz CT molecular complexity index is 561. The fourth-order valence-corrected chi connectivity index (χ4v) is 3.04. The summed E-state index contributed by atoms with van der Waals surface area (Å²) < 4.78 is 7.62. The minimum absolute atomic E-state index is 0. The average Bonchev–Trinajstić information content (AvgIpc) is 2.91. The number of carbonyl (C=O) groups excluding carboxylic acids is 1. The van der Waals surface area contributed by atoms with Gasteiger partial charge in [-0.25, -0.2) is 0 Å². The topological polar surface area (TPSA) is 70.8 Å². The Labute approximate surface area is 163 Å². The number of nitrogens with one attached hydrogen (secondary N) is 1. The fraction of sp³-hybridized carbons (Fsp3) is 0.545. The van der Waals surface area contributed by atoms with Gasteiger partial charge >= 0.3 is 57.4 Å². The summed E-state index contributed by atoms with van der Waals surface area (Å²) in [6.45, 7) is 2.92. The van der Waals surface area contributed by atoms with Crippen LogP contribution in [0.2, 0.25) is 0 Å². The maximum atomic E-state index is 11.9. The summed E-state index contributed by atoms with van der Waals surface area (Å²) in [5, 5.41) is 10.2. The third-order valence-electron chi connectivity index (χ3n) is 2.85. The minimum atomic E-state index is -0.633. The van der Waals surface area contributed by atoms with E-state index in [9.17, 15) is 4.79 Å². The SMILES string of the molecule is CCOC(=O)C(SC#N)c1[nH]c(=S)n2c1CCC2.[KH]. The summed E-state index contributed by atoms with van der Waals surface area (Å²) in [6.07, 6.45) is 1.90. The van der Waals surface area contributed by atoms with Gasteiger partial charge in [-0.05, 0) is 43.7 Å². The Kier molecular flexibility index (Phi) is 7.32. The molecule has 0 aromatic carbocycles. The molecule has 0 bridgehead atoms. The van der Waals surface area contributed by atoms with Gasteiger partial charge in [-0.3, -0.25) is 4.79 Å². The number of thioether (sulfide) groups is 1. The Balaban J connectivity index is 0.00000180. The fourth-order valence-electron chi connectivity index (χ4n) is 2.15. The molecule has 98 valence electrons. The molecule has 1 aliphatic heterocycles.